The van der Waals surface area contributed by atoms with Crippen LogP contribution in [0, 0.1) is 0 Å². The van der Waals surface area contributed by atoms with E-state index in [1.807, 2.05) is 0 Å². The van der Waals surface area contributed by atoms with Crippen molar-refractivity contribution in [2.45, 2.75) is 37.1 Å². The first-order chi connectivity index (χ1) is 10.5. The summed E-state index contributed by atoms with van der Waals surface area (Å²) < 4.78 is 26.7. The lowest BCUT2D eigenvalue weighted by molar-refractivity contribution is -0.121. The number of carbonyl (C=O) groups excluding carboxylic acids is 1. The molecule has 1 heterocycles. The molecule has 0 atom stereocenters. The molecule has 23 heavy (non-hydrogen) atoms. The number of hydrogen-bond acceptors (Lipinski definition) is 4. The van der Waals surface area contributed by atoms with Crippen molar-refractivity contribution in [1.82, 2.24) is 9.62 Å². The number of hydrogen-bond donors (Lipinski definition) is 2. The molecule has 1 aliphatic rings. The molecule has 1 aliphatic heterocycles. The van der Waals surface area contributed by atoms with Crippen molar-refractivity contribution in [1.29, 1.82) is 0 Å². The summed E-state index contributed by atoms with van der Waals surface area (Å²) in [6, 6.07) is 6.75. The van der Waals surface area contributed by atoms with Crippen LogP contribution in [-0.4, -0.2) is 38.3 Å². The number of benzene rings is 1. The van der Waals surface area contributed by atoms with Crippen LogP contribution in [0.25, 0.3) is 0 Å². The number of halogens is 1. The smallest absolute Gasteiger partial charge is 0.243 e. The normalized spacial score (nSPS) is 15.7. The van der Waals surface area contributed by atoms with Gasteiger partial charge in [0, 0.05) is 32.6 Å². The second-order valence-corrected chi connectivity index (χ2v) is 7.37. The van der Waals surface area contributed by atoms with Gasteiger partial charge in [0.2, 0.25) is 15.9 Å². The van der Waals surface area contributed by atoms with Crippen molar-refractivity contribution in [3.05, 3.63) is 29.8 Å². The fourth-order valence-corrected chi connectivity index (χ4v) is 4.08. The number of carbonyl (C=O) groups is 1. The third kappa shape index (κ3) is 5.46. The van der Waals surface area contributed by atoms with E-state index < -0.39 is 10.0 Å². The van der Waals surface area contributed by atoms with Gasteiger partial charge in [0.25, 0.3) is 0 Å². The molecule has 6 nitrogen and oxygen atoms in total. The maximum atomic E-state index is 12.6. The number of nitrogens with two attached hydrogens (primary N) is 1. The summed E-state index contributed by atoms with van der Waals surface area (Å²) in [7, 11) is -3.43. The van der Waals surface area contributed by atoms with Crippen molar-refractivity contribution in [2.75, 3.05) is 19.6 Å². The molecule has 2 rings (SSSR count). The summed E-state index contributed by atoms with van der Waals surface area (Å²) >= 11 is 0. The second-order valence-electron chi connectivity index (χ2n) is 5.43. The van der Waals surface area contributed by atoms with Gasteiger partial charge in [-0.2, -0.15) is 4.31 Å². The Bertz CT molecular complexity index is 616. The minimum atomic E-state index is -3.43. The van der Waals surface area contributed by atoms with Gasteiger partial charge >= 0.3 is 0 Å². The van der Waals surface area contributed by atoms with E-state index in [1.54, 1.807) is 28.6 Å². The van der Waals surface area contributed by atoms with Gasteiger partial charge in [0.15, 0.2) is 0 Å². The number of nitrogens with one attached hydrogen (secondary N) is 1. The molecule has 1 saturated heterocycles. The Morgan fingerprint density at radius 2 is 1.91 bits per heavy atom. The van der Waals surface area contributed by atoms with E-state index in [9.17, 15) is 13.2 Å². The van der Waals surface area contributed by atoms with Crippen LogP contribution in [0.5, 0.6) is 0 Å². The van der Waals surface area contributed by atoms with Gasteiger partial charge in [-0.05, 0) is 30.5 Å². The molecule has 1 amide bonds. The summed E-state index contributed by atoms with van der Waals surface area (Å²) in [6.07, 6.45) is 3.17. The lowest BCUT2D eigenvalue weighted by Gasteiger charge is -2.26. The van der Waals surface area contributed by atoms with Crippen molar-refractivity contribution in [2.24, 2.45) is 5.73 Å². The Morgan fingerprint density at radius 1 is 1.22 bits per heavy atom. The Balaban J connectivity index is 0.00000264. The van der Waals surface area contributed by atoms with Crippen LogP contribution >= 0.6 is 12.4 Å². The molecule has 130 valence electrons. The third-order valence-corrected chi connectivity index (χ3v) is 5.61. The molecule has 0 aliphatic carbocycles. The molecule has 0 aromatic heterocycles. The zero-order valence-electron chi connectivity index (χ0n) is 13.0. The average molecular weight is 362 g/mol. The van der Waals surface area contributed by atoms with E-state index in [0.29, 0.717) is 31.1 Å². The average Bonchev–Trinajstić information content (AvgIpc) is 2.54. The predicted octanol–water partition coefficient (Wildman–Crippen LogP) is 1.25. The fourth-order valence-electron chi connectivity index (χ4n) is 2.49. The van der Waals surface area contributed by atoms with Crippen LogP contribution in [0.1, 0.15) is 31.2 Å². The topological polar surface area (TPSA) is 92.5 Å². The molecule has 0 bridgehead atoms. The zero-order chi connectivity index (χ0) is 16.0. The summed E-state index contributed by atoms with van der Waals surface area (Å²) in [6.45, 7) is 1.77. The van der Waals surface area contributed by atoms with Gasteiger partial charge in [-0.1, -0.05) is 18.6 Å². The lowest BCUT2D eigenvalue weighted by atomic mass is 10.2. The number of amides is 1. The molecule has 3 N–H and O–H groups in total. The summed E-state index contributed by atoms with van der Waals surface area (Å²) in [5.41, 5.74) is 6.08. The van der Waals surface area contributed by atoms with E-state index in [0.717, 1.165) is 24.8 Å². The van der Waals surface area contributed by atoms with E-state index >= 15 is 0 Å². The Morgan fingerprint density at radius 3 is 2.57 bits per heavy atom. The van der Waals surface area contributed by atoms with Crippen LogP contribution in [0.2, 0.25) is 0 Å². The third-order valence-electron chi connectivity index (χ3n) is 3.71. The molecular formula is C15H24ClN3O3S. The maximum absolute atomic E-state index is 12.6. The van der Waals surface area contributed by atoms with Gasteiger partial charge in [0.05, 0.1) is 4.90 Å². The quantitative estimate of drug-likeness (QED) is 0.797. The molecular weight excluding hydrogens is 338 g/mol. The number of sulfonamides is 1. The van der Waals surface area contributed by atoms with Gasteiger partial charge in [0.1, 0.15) is 0 Å². The first-order valence-electron chi connectivity index (χ1n) is 7.60. The largest absolute Gasteiger partial charge is 0.352 e. The van der Waals surface area contributed by atoms with Gasteiger partial charge < -0.3 is 11.1 Å². The minimum absolute atomic E-state index is 0. The number of nitrogens with zero attached hydrogens (tertiary/aromatic N) is 1. The first-order valence-corrected chi connectivity index (χ1v) is 9.04. The molecule has 1 aromatic carbocycles. The molecule has 0 saturated carbocycles. The monoisotopic (exact) mass is 361 g/mol. The molecule has 0 unspecified atom stereocenters. The summed E-state index contributed by atoms with van der Waals surface area (Å²) in [4.78, 5) is 11.7. The Labute approximate surface area is 143 Å². The van der Waals surface area contributed by atoms with Gasteiger partial charge in [-0.15, -0.1) is 12.4 Å². The van der Waals surface area contributed by atoms with Crippen molar-refractivity contribution < 1.29 is 13.2 Å². The first kappa shape index (κ1) is 19.9. The van der Waals surface area contributed by atoms with E-state index in [-0.39, 0.29) is 24.7 Å². The molecule has 0 radical (unpaired) electrons. The highest BCUT2D eigenvalue weighted by molar-refractivity contribution is 7.89. The van der Waals surface area contributed by atoms with Crippen molar-refractivity contribution in [3.8, 4) is 0 Å². The van der Waals surface area contributed by atoms with Crippen LogP contribution < -0.4 is 11.1 Å². The summed E-state index contributed by atoms with van der Waals surface area (Å²) in [5, 5.41) is 2.73. The maximum Gasteiger partial charge on any atom is 0.243 e. The van der Waals surface area contributed by atoms with Crippen LogP contribution in [-0.2, 0) is 21.4 Å². The SMILES string of the molecule is Cl.NCCC(=O)NCc1cccc(S(=O)(=O)N2CCCCC2)c1. The lowest BCUT2D eigenvalue weighted by Crippen LogP contribution is -2.35. The van der Waals surface area contributed by atoms with Crippen LogP contribution in [0.4, 0.5) is 0 Å². The predicted molar refractivity (Wildman–Crippen MR) is 91.8 cm³/mol. The number of rotatable bonds is 6. The van der Waals surface area contributed by atoms with Crippen molar-refractivity contribution in [3.63, 3.8) is 0 Å². The highest BCUT2D eigenvalue weighted by Crippen LogP contribution is 2.21. The minimum Gasteiger partial charge on any atom is -0.352 e. The van der Waals surface area contributed by atoms with E-state index in [4.69, 9.17) is 5.73 Å². The van der Waals surface area contributed by atoms with Gasteiger partial charge in [-0.25, -0.2) is 8.42 Å². The molecule has 8 heteroatoms. The Kier molecular flexibility index (Phi) is 7.98. The van der Waals surface area contributed by atoms with Crippen LogP contribution in [0.15, 0.2) is 29.2 Å². The van der Waals surface area contributed by atoms with E-state index in [2.05, 4.69) is 5.32 Å². The van der Waals surface area contributed by atoms with Crippen molar-refractivity contribution >= 4 is 28.3 Å². The second kappa shape index (κ2) is 9.22. The van der Waals surface area contributed by atoms with Gasteiger partial charge in [-0.3, -0.25) is 4.79 Å². The standard InChI is InChI=1S/C15H23N3O3S.ClH/c16-8-7-15(19)17-12-13-5-4-6-14(11-13)22(20,21)18-9-2-1-3-10-18;/h4-6,11H,1-3,7-10,12,16H2,(H,17,19);1H. The number of piperidine rings is 1. The zero-order valence-corrected chi connectivity index (χ0v) is 14.7. The van der Waals surface area contributed by atoms with Crippen LogP contribution in [0.3, 0.4) is 0 Å². The Hall–Kier alpha value is -1.15. The molecule has 0 spiro atoms. The fraction of sp³-hybridized carbons (Fsp3) is 0.533. The highest BCUT2D eigenvalue weighted by Gasteiger charge is 2.25. The molecule has 1 aromatic rings. The summed E-state index contributed by atoms with van der Waals surface area (Å²) in [5.74, 6) is -0.133. The highest BCUT2D eigenvalue weighted by atomic mass is 35.5. The molecule has 1 fully saturated rings. The van der Waals surface area contributed by atoms with E-state index in [1.165, 1.54) is 0 Å².